The summed E-state index contributed by atoms with van der Waals surface area (Å²) in [4.78, 5) is 54.5. The van der Waals surface area contributed by atoms with Gasteiger partial charge in [0, 0.05) is 19.7 Å². The molecule has 1 aliphatic heterocycles. The first-order chi connectivity index (χ1) is 16.2. The van der Waals surface area contributed by atoms with Crippen LogP contribution in [0, 0.1) is 11.8 Å². The highest BCUT2D eigenvalue weighted by Crippen LogP contribution is 2.67. The topological polar surface area (TPSA) is 222 Å². The molecule has 0 aliphatic carbocycles. The molecule has 35 heavy (non-hydrogen) atoms. The molecule has 2 rings (SSSR count). The quantitative estimate of drug-likeness (QED) is 0.158. The number of H-pyrrole nitrogens is 1. The summed E-state index contributed by atoms with van der Waals surface area (Å²) in [5, 5.41) is 0. The second-order valence-electron chi connectivity index (χ2n) is 6.66. The fourth-order valence-electron chi connectivity index (χ4n) is 2.81. The van der Waals surface area contributed by atoms with Gasteiger partial charge in [0.15, 0.2) is 0 Å². The van der Waals surface area contributed by atoms with Crippen molar-refractivity contribution >= 4 is 23.5 Å². The summed E-state index contributed by atoms with van der Waals surface area (Å²) in [6, 6.07) is 0. The average molecular weight is 560 g/mol. The minimum absolute atomic E-state index is 0.0110. The summed E-state index contributed by atoms with van der Waals surface area (Å²) in [5.41, 5.74) is -1.53. The number of hydrogen-bond acceptors (Lipinski definition) is 11. The molecule has 4 N–H and O–H groups in total. The maximum absolute atomic E-state index is 12.3. The van der Waals surface area contributed by atoms with E-state index in [0.29, 0.717) is 7.11 Å². The van der Waals surface area contributed by atoms with Crippen LogP contribution in [-0.2, 0) is 40.8 Å². The van der Waals surface area contributed by atoms with Crippen molar-refractivity contribution in [3.05, 3.63) is 45.3 Å². The van der Waals surface area contributed by atoms with Gasteiger partial charge in [0.05, 0.1) is 19.3 Å². The molecule has 1 aromatic rings. The average Bonchev–Trinajstić information content (AvgIpc) is 3.14. The molecule has 1 fully saturated rings. The molecule has 6 atom stereocenters. The highest BCUT2D eigenvalue weighted by molar-refractivity contribution is 7.66. The van der Waals surface area contributed by atoms with Crippen molar-refractivity contribution in [1.82, 2.24) is 9.55 Å². The minimum Gasteiger partial charge on any atom is -0.371 e. The van der Waals surface area contributed by atoms with E-state index >= 15 is 0 Å². The number of aromatic amines is 1. The van der Waals surface area contributed by atoms with Crippen molar-refractivity contribution in [2.24, 2.45) is 0 Å². The Hall–Kier alpha value is -1.69. The van der Waals surface area contributed by atoms with Crippen molar-refractivity contribution in [2.45, 2.75) is 31.8 Å². The predicted molar refractivity (Wildman–Crippen MR) is 117 cm³/mol. The lowest BCUT2D eigenvalue weighted by molar-refractivity contribution is -0.0571. The van der Waals surface area contributed by atoms with E-state index in [4.69, 9.17) is 14.4 Å². The largest absolute Gasteiger partial charge is 0.490 e. The van der Waals surface area contributed by atoms with Crippen LogP contribution in [-0.4, -0.2) is 56.8 Å². The number of hydrogen-bond donors (Lipinski definition) is 4. The van der Waals surface area contributed by atoms with E-state index in [9.17, 15) is 33.1 Å². The molecule has 0 spiro atoms. The van der Waals surface area contributed by atoms with E-state index in [2.05, 4.69) is 41.1 Å². The summed E-state index contributed by atoms with van der Waals surface area (Å²) in [6.07, 6.45) is -0.362. The van der Waals surface area contributed by atoms with Crippen molar-refractivity contribution in [3.63, 3.8) is 0 Å². The van der Waals surface area contributed by atoms with Crippen molar-refractivity contribution in [1.29, 1.82) is 0 Å². The third kappa shape index (κ3) is 8.73. The summed E-state index contributed by atoms with van der Waals surface area (Å²) in [5.74, 6) is 5.07. The highest BCUT2D eigenvalue weighted by Gasteiger charge is 2.44. The summed E-state index contributed by atoms with van der Waals surface area (Å²) in [7, 11) is -15.3. The Balaban J connectivity index is 2.18. The van der Waals surface area contributed by atoms with E-state index in [1.54, 1.807) is 0 Å². The summed E-state index contributed by atoms with van der Waals surface area (Å²) >= 11 is 0. The molecular formula is C16H23N2O14P3. The number of aromatic nitrogens is 2. The van der Waals surface area contributed by atoms with Gasteiger partial charge in [-0.05, 0) is 6.92 Å². The van der Waals surface area contributed by atoms with Gasteiger partial charge in [0.2, 0.25) is 0 Å². The molecule has 2 heterocycles. The first-order valence-corrected chi connectivity index (χ1v) is 14.0. The minimum atomic E-state index is -5.58. The Morgan fingerprint density at radius 2 is 1.89 bits per heavy atom. The first-order valence-electron chi connectivity index (χ1n) is 9.50. The van der Waals surface area contributed by atoms with Crippen molar-refractivity contribution < 1.29 is 55.5 Å². The standard InChI is InChI=1S/C16H23N2O14P3/c1-4-6-11-9-18(16(20)17-15(11)19)14-8-12(28-7-5-2)13(30-14)10-29-34(23,24)32-35(25,26)31-33(21,22)27-3/h5,9,12-14H,2,7-8,10H2,1,3H3,(H,21,22)(H,23,24)(H,25,26)(H,17,19,20)/t12-,13-,14-/m1/s1. The number of nitrogens with zero attached hydrogens (tertiary/aromatic N) is 1. The summed E-state index contributed by atoms with van der Waals surface area (Å²) in [6.45, 7) is 4.27. The molecule has 3 unspecified atom stereocenters. The van der Waals surface area contributed by atoms with Crippen LogP contribution in [0.15, 0.2) is 28.4 Å². The summed E-state index contributed by atoms with van der Waals surface area (Å²) < 4.78 is 63.8. The molecule has 0 aromatic carbocycles. The van der Waals surface area contributed by atoms with Crippen molar-refractivity contribution in [3.8, 4) is 11.8 Å². The predicted octanol–water partition coefficient (Wildman–Crippen LogP) is 0.764. The Morgan fingerprint density at radius 1 is 1.23 bits per heavy atom. The monoisotopic (exact) mass is 560 g/mol. The maximum Gasteiger partial charge on any atom is 0.490 e. The van der Waals surface area contributed by atoms with Crippen LogP contribution < -0.4 is 11.2 Å². The zero-order valence-electron chi connectivity index (χ0n) is 18.3. The zero-order valence-corrected chi connectivity index (χ0v) is 21.0. The van der Waals surface area contributed by atoms with Gasteiger partial charge in [-0.15, -0.1) is 12.5 Å². The van der Waals surface area contributed by atoms with Crippen LogP contribution in [0.2, 0.25) is 0 Å². The van der Waals surface area contributed by atoms with Gasteiger partial charge in [-0.2, -0.15) is 8.62 Å². The third-order valence-electron chi connectivity index (χ3n) is 4.19. The van der Waals surface area contributed by atoms with Gasteiger partial charge in [0.25, 0.3) is 5.56 Å². The molecule has 196 valence electrons. The van der Waals surface area contributed by atoms with Crippen LogP contribution >= 0.6 is 23.5 Å². The molecule has 0 bridgehead atoms. The van der Waals surface area contributed by atoms with Crippen LogP contribution in [0.1, 0.15) is 25.1 Å². The fraction of sp³-hybridized carbons (Fsp3) is 0.500. The molecule has 1 aromatic heterocycles. The van der Waals surface area contributed by atoms with Crippen LogP contribution in [0.25, 0.3) is 0 Å². The van der Waals surface area contributed by atoms with E-state index in [1.807, 2.05) is 0 Å². The molecule has 19 heteroatoms. The van der Waals surface area contributed by atoms with E-state index in [-0.39, 0.29) is 18.6 Å². The number of rotatable bonds is 12. The lowest BCUT2D eigenvalue weighted by Crippen LogP contribution is -2.33. The Labute approximate surface area is 198 Å². The molecule has 0 saturated carbocycles. The molecular weight excluding hydrogens is 537 g/mol. The molecule has 0 amide bonds. The van der Waals surface area contributed by atoms with Gasteiger partial charge in [-0.25, -0.2) is 18.5 Å². The fourth-order valence-corrected chi connectivity index (χ4v) is 6.08. The van der Waals surface area contributed by atoms with Crippen LogP contribution in [0.5, 0.6) is 0 Å². The number of nitrogens with one attached hydrogen (secondary N) is 1. The number of phosphoric ester groups is 2. The van der Waals surface area contributed by atoms with Crippen molar-refractivity contribution in [2.75, 3.05) is 20.3 Å². The molecule has 1 saturated heterocycles. The Bertz CT molecular complexity index is 1250. The van der Waals surface area contributed by atoms with Crippen LogP contribution in [0.3, 0.4) is 0 Å². The second-order valence-corrected chi connectivity index (χ2v) is 11.4. The second kappa shape index (κ2) is 12.0. The van der Waals surface area contributed by atoms with Gasteiger partial charge in [-0.3, -0.25) is 23.4 Å². The Kier molecular flexibility index (Phi) is 10.2. The van der Waals surface area contributed by atoms with E-state index < -0.39 is 59.8 Å². The molecule has 16 nitrogen and oxygen atoms in total. The zero-order chi connectivity index (χ0) is 26.4. The van der Waals surface area contributed by atoms with Gasteiger partial charge in [-0.1, -0.05) is 12.0 Å². The number of phosphoric acid groups is 3. The van der Waals surface area contributed by atoms with E-state index in [1.165, 1.54) is 19.2 Å². The Morgan fingerprint density at radius 3 is 2.49 bits per heavy atom. The molecule has 0 radical (unpaired) electrons. The number of ether oxygens (including phenoxy) is 2. The third-order valence-corrected chi connectivity index (χ3v) is 8.43. The van der Waals surface area contributed by atoms with Gasteiger partial charge in [0.1, 0.15) is 17.9 Å². The SMILES string of the molecule is C=CCO[C@@H]1C[C@H](n2cc(C#CC)c(=O)[nH]c2=O)O[C@@H]1COP(=O)(O)OP(=O)(O)OP(=O)(O)OC. The lowest BCUT2D eigenvalue weighted by atomic mass is 10.2. The normalized spacial score (nSPS) is 25.0. The van der Waals surface area contributed by atoms with Gasteiger partial charge >= 0.3 is 29.2 Å². The smallest absolute Gasteiger partial charge is 0.371 e. The lowest BCUT2D eigenvalue weighted by Gasteiger charge is -2.21. The van der Waals surface area contributed by atoms with Crippen LogP contribution in [0.4, 0.5) is 0 Å². The first kappa shape index (κ1) is 29.5. The maximum atomic E-state index is 12.3. The van der Waals surface area contributed by atoms with Gasteiger partial charge < -0.3 is 24.2 Å². The van der Waals surface area contributed by atoms with E-state index in [0.717, 1.165) is 4.57 Å². The molecule has 1 aliphatic rings. The highest BCUT2D eigenvalue weighted by atomic mass is 31.3.